The molecule has 2 N–H and O–H groups in total. The van der Waals surface area contributed by atoms with E-state index in [1.165, 1.54) is 0 Å². The number of methoxy groups -OCH3 is 2. The van der Waals surface area contributed by atoms with E-state index in [9.17, 15) is 5.11 Å². The Morgan fingerprint density at radius 1 is 1.05 bits per heavy atom. The van der Waals surface area contributed by atoms with Crippen LogP contribution in [0.3, 0.4) is 0 Å². The molecular formula is C17H21NO3. The summed E-state index contributed by atoms with van der Waals surface area (Å²) in [5, 5.41) is 13.3. The van der Waals surface area contributed by atoms with Gasteiger partial charge in [0.15, 0.2) is 11.5 Å². The van der Waals surface area contributed by atoms with E-state index in [1.807, 2.05) is 44.2 Å². The summed E-state index contributed by atoms with van der Waals surface area (Å²) in [5.74, 6) is 1.76. The Morgan fingerprint density at radius 2 is 1.81 bits per heavy atom. The van der Waals surface area contributed by atoms with Gasteiger partial charge in [0.1, 0.15) is 5.75 Å². The third-order valence-corrected chi connectivity index (χ3v) is 3.59. The van der Waals surface area contributed by atoms with Crippen LogP contribution in [-0.4, -0.2) is 19.3 Å². The second kappa shape index (κ2) is 6.39. The molecule has 2 rings (SSSR count). The number of ether oxygens (including phenoxy) is 2. The molecule has 0 fully saturated rings. The van der Waals surface area contributed by atoms with Crippen molar-refractivity contribution in [1.29, 1.82) is 0 Å². The van der Waals surface area contributed by atoms with Crippen molar-refractivity contribution in [3.63, 3.8) is 0 Å². The molecule has 4 heteroatoms. The zero-order chi connectivity index (χ0) is 15.4. The molecule has 2 aromatic rings. The zero-order valence-electron chi connectivity index (χ0n) is 12.9. The van der Waals surface area contributed by atoms with Gasteiger partial charge in [-0.2, -0.15) is 0 Å². The summed E-state index contributed by atoms with van der Waals surface area (Å²) in [7, 11) is 3.25. The summed E-state index contributed by atoms with van der Waals surface area (Å²) in [6, 6.07) is 9.64. The van der Waals surface area contributed by atoms with Gasteiger partial charge in [0.2, 0.25) is 0 Å². The molecule has 0 unspecified atom stereocenters. The Morgan fingerprint density at radius 3 is 2.48 bits per heavy atom. The molecule has 0 saturated heterocycles. The minimum Gasteiger partial charge on any atom is -0.507 e. The third-order valence-electron chi connectivity index (χ3n) is 3.59. The fourth-order valence-corrected chi connectivity index (χ4v) is 2.31. The predicted molar refractivity (Wildman–Crippen MR) is 84.5 cm³/mol. The number of para-hydroxylation sites is 1. The van der Waals surface area contributed by atoms with E-state index in [4.69, 9.17) is 9.47 Å². The number of aromatic hydroxyl groups is 1. The minimum absolute atomic E-state index is 0.331. The highest BCUT2D eigenvalue weighted by molar-refractivity contribution is 5.59. The fraction of sp³-hybridized carbons (Fsp3) is 0.294. The maximum absolute atomic E-state index is 9.98. The lowest BCUT2D eigenvalue weighted by atomic mass is 10.1. The molecular weight excluding hydrogens is 266 g/mol. The van der Waals surface area contributed by atoms with E-state index in [0.29, 0.717) is 18.0 Å². The third kappa shape index (κ3) is 3.05. The molecule has 0 bridgehead atoms. The second-order valence-corrected chi connectivity index (χ2v) is 4.91. The van der Waals surface area contributed by atoms with Crippen molar-refractivity contribution in [3.05, 3.63) is 47.0 Å². The highest BCUT2D eigenvalue weighted by atomic mass is 16.5. The van der Waals surface area contributed by atoms with Crippen LogP contribution in [0.5, 0.6) is 17.2 Å². The molecule has 0 aliphatic carbocycles. The van der Waals surface area contributed by atoms with Crippen molar-refractivity contribution in [2.75, 3.05) is 19.5 Å². The Kier molecular flexibility index (Phi) is 4.58. The van der Waals surface area contributed by atoms with Crippen LogP contribution >= 0.6 is 0 Å². The highest BCUT2D eigenvalue weighted by Crippen LogP contribution is 2.32. The Bertz CT molecular complexity index is 638. The van der Waals surface area contributed by atoms with Crippen LogP contribution in [0, 0.1) is 13.8 Å². The van der Waals surface area contributed by atoms with Gasteiger partial charge in [-0.1, -0.05) is 18.2 Å². The molecule has 0 amide bonds. The predicted octanol–water partition coefficient (Wildman–Crippen LogP) is 3.64. The number of phenols is 1. The summed E-state index contributed by atoms with van der Waals surface area (Å²) in [6.07, 6.45) is 0. The van der Waals surface area contributed by atoms with E-state index >= 15 is 0 Å². The molecule has 21 heavy (non-hydrogen) atoms. The molecule has 0 radical (unpaired) electrons. The van der Waals surface area contributed by atoms with E-state index in [2.05, 4.69) is 5.32 Å². The first-order valence-electron chi connectivity index (χ1n) is 6.81. The largest absolute Gasteiger partial charge is 0.507 e. The van der Waals surface area contributed by atoms with Crippen LogP contribution in [0.15, 0.2) is 30.3 Å². The van der Waals surface area contributed by atoms with Crippen molar-refractivity contribution in [2.24, 2.45) is 0 Å². The van der Waals surface area contributed by atoms with Gasteiger partial charge in [-0.15, -0.1) is 0 Å². The second-order valence-electron chi connectivity index (χ2n) is 4.91. The molecule has 0 aromatic heterocycles. The summed E-state index contributed by atoms with van der Waals surface area (Å²) in [6.45, 7) is 4.37. The molecule has 0 aliphatic heterocycles. The highest BCUT2D eigenvalue weighted by Gasteiger charge is 2.10. The van der Waals surface area contributed by atoms with Gasteiger partial charge in [-0.05, 0) is 31.5 Å². The number of nitrogens with one attached hydrogen (secondary N) is 1. The Hall–Kier alpha value is -2.36. The van der Waals surface area contributed by atoms with Gasteiger partial charge in [-0.3, -0.25) is 0 Å². The monoisotopic (exact) mass is 287 g/mol. The lowest BCUT2D eigenvalue weighted by molar-refractivity contribution is 0.352. The van der Waals surface area contributed by atoms with Gasteiger partial charge < -0.3 is 19.9 Å². The van der Waals surface area contributed by atoms with Crippen LogP contribution in [-0.2, 0) is 6.54 Å². The smallest absolute Gasteiger partial charge is 0.165 e. The Labute approximate surface area is 125 Å². The van der Waals surface area contributed by atoms with Gasteiger partial charge >= 0.3 is 0 Å². The summed E-state index contributed by atoms with van der Waals surface area (Å²) < 4.78 is 10.7. The average molecular weight is 287 g/mol. The molecule has 0 saturated carbocycles. The number of hydrogen-bond donors (Lipinski definition) is 2. The first kappa shape index (κ1) is 15.0. The van der Waals surface area contributed by atoms with Crippen molar-refractivity contribution >= 4 is 5.69 Å². The van der Waals surface area contributed by atoms with Crippen LogP contribution in [0.25, 0.3) is 0 Å². The number of aryl methyl sites for hydroxylation is 1. The maximum Gasteiger partial charge on any atom is 0.165 e. The normalized spacial score (nSPS) is 10.3. The lowest BCUT2D eigenvalue weighted by Gasteiger charge is -2.15. The number of hydrogen-bond acceptors (Lipinski definition) is 4. The SMILES string of the molecule is COc1cccc(CNc2ccc(C)c(O)c2C)c1OC. The van der Waals surface area contributed by atoms with Gasteiger partial charge in [-0.25, -0.2) is 0 Å². The van der Waals surface area contributed by atoms with Gasteiger partial charge in [0.05, 0.1) is 14.2 Å². The average Bonchev–Trinajstić information content (AvgIpc) is 2.51. The number of anilines is 1. The standard InChI is InChI=1S/C17H21NO3/c1-11-8-9-14(12(2)16(11)19)18-10-13-6-5-7-15(20-3)17(13)21-4/h5-9,18-19H,10H2,1-4H3. The summed E-state index contributed by atoms with van der Waals surface area (Å²) in [5.41, 5.74) is 3.62. The molecule has 2 aromatic carbocycles. The van der Waals surface area contributed by atoms with Crippen molar-refractivity contribution in [1.82, 2.24) is 0 Å². The van der Waals surface area contributed by atoms with E-state index in [-0.39, 0.29) is 0 Å². The van der Waals surface area contributed by atoms with Gasteiger partial charge in [0.25, 0.3) is 0 Å². The first-order chi connectivity index (χ1) is 10.1. The number of benzene rings is 2. The van der Waals surface area contributed by atoms with Crippen LogP contribution < -0.4 is 14.8 Å². The number of phenolic OH excluding ortho intramolecular Hbond substituents is 1. The van der Waals surface area contributed by atoms with Crippen molar-refractivity contribution in [2.45, 2.75) is 20.4 Å². The zero-order valence-corrected chi connectivity index (χ0v) is 12.9. The molecule has 4 nitrogen and oxygen atoms in total. The molecule has 0 aliphatic rings. The van der Waals surface area contributed by atoms with Crippen molar-refractivity contribution in [3.8, 4) is 17.2 Å². The topological polar surface area (TPSA) is 50.7 Å². The molecule has 0 heterocycles. The van der Waals surface area contributed by atoms with Crippen LogP contribution in [0.2, 0.25) is 0 Å². The fourth-order valence-electron chi connectivity index (χ4n) is 2.31. The molecule has 112 valence electrons. The lowest BCUT2D eigenvalue weighted by Crippen LogP contribution is -2.04. The maximum atomic E-state index is 9.98. The van der Waals surface area contributed by atoms with Crippen molar-refractivity contribution < 1.29 is 14.6 Å². The Balaban J connectivity index is 2.23. The van der Waals surface area contributed by atoms with E-state index in [0.717, 1.165) is 28.1 Å². The van der Waals surface area contributed by atoms with Crippen LogP contribution in [0.1, 0.15) is 16.7 Å². The minimum atomic E-state index is 0.331. The first-order valence-corrected chi connectivity index (χ1v) is 6.81. The summed E-state index contributed by atoms with van der Waals surface area (Å²) in [4.78, 5) is 0. The van der Waals surface area contributed by atoms with E-state index in [1.54, 1.807) is 14.2 Å². The summed E-state index contributed by atoms with van der Waals surface area (Å²) >= 11 is 0. The number of rotatable bonds is 5. The molecule has 0 atom stereocenters. The van der Waals surface area contributed by atoms with Gasteiger partial charge in [0, 0.05) is 23.4 Å². The van der Waals surface area contributed by atoms with E-state index < -0.39 is 0 Å². The van der Waals surface area contributed by atoms with Crippen LogP contribution in [0.4, 0.5) is 5.69 Å². The molecule has 0 spiro atoms. The quantitative estimate of drug-likeness (QED) is 0.881.